The molecular weight excluding hydrogens is 364 g/mol. The van der Waals surface area contributed by atoms with Crippen molar-refractivity contribution in [3.05, 3.63) is 77.9 Å². The number of nitrogens with zero attached hydrogens (tertiary/aromatic N) is 5. The lowest BCUT2D eigenvalue weighted by atomic mass is 9.86. The van der Waals surface area contributed by atoms with E-state index in [0.29, 0.717) is 6.42 Å². The Kier molecular flexibility index (Phi) is 4.01. The Morgan fingerprint density at radius 3 is 2.86 bits per heavy atom. The normalized spacial score (nSPS) is 15.8. The van der Waals surface area contributed by atoms with Crippen molar-refractivity contribution < 1.29 is 4.79 Å². The van der Waals surface area contributed by atoms with E-state index in [9.17, 15) is 4.79 Å². The van der Waals surface area contributed by atoms with Crippen LogP contribution in [-0.2, 0) is 11.8 Å². The highest BCUT2D eigenvalue weighted by atomic mass is 16.1. The summed E-state index contributed by atoms with van der Waals surface area (Å²) in [7, 11) is 1.84. The summed E-state index contributed by atoms with van der Waals surface area (Å²) in [6, 6.07) is 12.1. The van der Waals surface area contributed by atoms with Crippen LogP contribution in [0.2, 0.25) is 0 Å². The molecule has 29 heavy (non-hydrogen) atoms. The maximum absolute atomic E-state index is 12.4. The predicted molar refractivity (Wildman–Crippen MR) is 110 cm³/mol. The van der Waals surface area contributed by atoms with Crippen LogP contribution < -0.4 is 5.32 Å². The molecular formula is C22H20N6O. The standard InChI is InChI=1S/C22H20N6O/c1-14-5-3-7-17(9-14)28-13-16(12-24-28)18-10-19(29)25-22-20(18)21(26-27(22)2)15-6-4-8-23-11-15/h3-9,11-13,18H,10H2,1-2H3,(H,25,29). The van der Waals surface area contributed by atoms with Crippen LogP contribution in [0.5, 0.6) is 0 Å². The van der Waals surface area contributed by atoms with Crippen molar-refractivity contribution in [2.24, 2.45) is 7.05 Å². The molecule has 1 amide bonds. The molecule has 7 nitrogen and oxygen atoms in total. The van der Waals surface area contributed by atoms with Crippen LogP contribution in [0.3, 0.4) is 0 Å². The zero-order valence-electron chi connectivity index (χ0n) is 16.2. The lowest BCUT2D eigenvalue weighted by Crippen LogP contribution is -2.24. The second-order valence-corrected chi connectivity index (χ2v) is 7.34. The molecule has 144 valence electrons. The van der Waals surface area contributed by atoms with Crippen LogP contribution in [0.1, 0.15) is 29.0 Å². The molecule has 3 aromatic heterocycles. The Morgan fingerprint density at radius 1 is 1.17 bits per heavy atom. The molecule has 5 rings (SSSR count). The van der Waals surface area contributed by atoms with E-state index in [-0.39, 0.29) is 11.8 Å². The van der Waals surface area contributed by atoms with Gasteiger partial charge in [0, 0.05) is 49.1 Å². The minimum atomic E-state index is -0.124. The van der Waals surface area contributed by atoms with Gasteiger partial charge in [0.25, 0.3) is 0 Å². The molecule has 1 N–H and O–H groups in total. The third-order valence-corrected chi connectivity index (χ3v) is 5.29. The lowest BCUT2D eigenvalue weighted by Gasteiger charge is -2.23. The second kappa shape index (κ2) is 6.70. The zero-order valence-corrected chi connectivity index (χ0v) is 16.2. The first-order valence-corrected chi connectivity index (χ1v) is 9.49. The van der Waals surface area contributed by atoms with Gasteiger partial charge in [-0.3, -0.25) is 14.5 Å². The Hall–Kier alpha value is -3.74. The van der Waals surface area contributed by atoms with Crippen LogP contribution in [0.25, 0.3) is 16.9 Å². The van der Waals surface area contributed by atoms with E-state index >= 15 is 0 Å². The number of aromatic nitrogens is 5. The van der Waals surface area contributed by atoms with E-state index < -0.39 is 0 Å². The molecule has 4 heterocycles. The summed E-state index contributed by atoms with van der Waals surface area (Å²) in [4.78, 5) is 16.7. The van der Waals surface area contributed by atoms with E-state index in [2.05, 4.69) is 39.6 Å². The highest BCUT2D eigenvalue weighted by molar-refractivity contribution is 5.96. The number of carbonyl (C=O) groups excluding carboxylic acids is 1. The highest BCUT2D eigenvalue weighted by Crippen LogP contribution is 2.42. The minimum absolute atomic E-state index is 0.0217. The predicted octanol–water partition coefficient (Wildman–Crippen LogP) is 3.45. The van der Waals surface area contributed by atoms with Gasteiger partial charge < -0.3 is 5.32 Å². The Labute approximate surface area is 168 Å². The van der Waals surface area contributed by atoms with Crippen molar-refractivity contribution in [1.82, 2.24) is 24.5 Å². The molecule has 1 unspecified atom stereocenters. The molecule has 1 aliphatic rings. The number of anilines is 1. The van der Waals surface area contributed by atoms with Crippen molar-refractivity contribution in [3.63, 3.8) is 0 Å². The Balaban J connectivity index is 1.62. The molecule has 0 saturated heterocycles. The molecule has 1 atom stereocenters. The maximum Gasteiger partial charge on any atom is 0.226 e. The van der Waals surface area contributed by atoms with Crippen LogP contribution in [0.4, 0.5) is 5.82 Å². The molecule has 0 aliphatic carbocycles. The number of nitrogens with one attached hydrogen (secondary N) is 1. The molecule has 0 radical (unpaired) electrons. The van der Waals surface area contributed by atoms with Gasteiger partial charge in [-0.15, -0.1) is 0 Å². The summed E-state index contributed by atoms with van der Waals surface area (Å²) >= 11 is 0. The van der Waals surface area contributed by atoms with E-state index in [1.54, 1.807) is 17.1 Å². The molecule has 7 heteroatoms. The lowest BCUT2D eigenvalue weighted by molar-refractivity contribution is -0.116. The zero-order chi connectivity index (χ0) is 20.0. The number of aryl methyl sites for hydroxylation is 2. The number of hydrogen-bond donors (Lipinski definition) is 1. The van der Waals surface area contributed by atoms with Crippen molar-refractivity contribution in [1.29, 1.82) is 0 Å². The average molecular weight is 384 g/mol. The summed E-state index contributed by atoms with van der Waals surface area (Å²) in [6.07, 6.45) is 7.74. The molecule has 1 aliphatic heterocycles. The number of amides is 1. The van der Waals surface area contributed by atoms with E-state index in [0.717, 1.165) is 33.9 Å². The van der Waals surface area contributed by atoms with Crippen LogP contribution in [-0.4, -0.2) is 30.5 Å². The summed E-state index contributed by atoms with van der Waals surface area (Å²) in [6.45, 7) is 2.06. The van der Waals surface area contributed by atoms with Crippen LogP contribution >= 0.6 is 0 Å². The SMILES string of the molecule is Cc1cccc(-n2cc(C3CC(=O)Nc4c3c(-c3cccnc3)nn4C)cn2)c1. The summed E-state index contributed by atoms with van der Waals surface area (Å²) in [5.41, 5.74) is 5.92. The third kappa shape index (κ3) is 3.00. The van der Waals surface area contributed by atoms with Gasteiger partial charge in [0.2, 0.25) is 5.91 Å². The van der Waals surface area contributed by atoms with Gasteiger partial charge >= 0.3 is 0 Å². The Morgan fingerprint density at radius 2 is 2.07 bits per heavy atom. The first-order chi connectivity index (χ1) is 14.1. The van der Waals surface area contributed by atoms with Gasteiger partial charge in [0.05, 0.1) is 17.6 Å². The number of fused-ring (bicyclic) bond motifs is 1. The highest BCUT2D eigenvalue weighted by Gasteiger charge is 2.34. The van der Waals surface area contributed by atoms with E-state index in [1.807, 2.05) is 48.4 Å². The smallest absolute Gasteiger partial charge is 0.226 e. The fourth-order valence-corrected chi connectivity index (χ4v) is 3.92. The minimum Gasteiger partial charge on any atom is -0.311 e. The molecule has 4 aromatic rings. The van der Waals surface area contributed by atoms with Gasteiger partial charge in [-0.2, -0.15) is 10.2 Å². The van der Waals surface area contributed by atoms with Crippen LogP contribution in [0, 0.1) is 6.92 Å². The van der Waals surface area contributed by atoms with Crippen molar-refractivity contribution in [3.8, 4) is 16.9 Å². The largest absolute Gasteiger partial charge is 0.311 e. The molecule has 0 saturated carbocycles. The average Bonchev–Trinajstić information content (AvgIpc) is 3.34. The fraction of sp³-hybridized carbons (Fsp3) is 0.182. The monoisotopic (exact) mass is 384 g/mol. The topological polar surface area (TPSA) is 77.6 Å². The summed E-state index contributed by atoms with van der Waals surface area (Å²) < 4.78 is 3.58. The number of rotatable bonds is 3. The maximum atomic E-state index is 12.4. The fourth-order valence-electron chi connectivity index (χ4n) is 3.92. The van der Waals surface area contributed by atoms with E-state index in [4.69, 9.17) is 0 Å². The number of hydrogen-bond acceptors (Lipinski definition) is 4. The van der Waals surface area contributed by atoms with Crippen molar-refractivity contribution >= 4 is 11.7 Å². The van der Waals surface area contributed by atoms with Gasteiger partial charge in [0.15, 0.2) is 0 Å². The van der Waals surface area contributed by atoms with Gasteiger partial charge in [-0.1, -0.05) is 12.1 Å². The first-order valence-electron chi connectivity index (χ1n) is 9.49. The van der Waals surface area contributed by atoms with Crippen molar-refractivity contribution in [2.75, 3.05) is 5.32 Å². The summed E-state index contributed by atoms with van der Waals surface area (Å²) in [5.74, 6) is 0.584. The first kappa shape index (κ1) is 17.4. The van der Waals surface area contributed by atoms with E-state index in [1.165, 1.54) is 5.56 Å². The summed E-state index contributed by atoms with van der Waals surface area (Å²) in [5, 5.41) is 12.2. The number of pyridine rings is 1. The molecule has 0 fully saturated rings. The third-order valence-electron chi connectivity index (χ3n) is 5.29. The molecule has 0 bridgehead atoms. The van der Waals surface area contributed by atoms with Crippen molar-refractivity contribution in [2.45, 2.75) is 19.3 Å². The number of benzene rings is 1. The van der Waals surface area contributed by atoms with Gasteiger partial charge in [-0.05, 0) is 42.3 Å². The molecule has 1 aromatic carbocycles. The Bertz CT molecular complexity index is 1210. The molecule has 0 spiro atoms. The van der Waals surface area contributed by atoms with Gasteiger partial charge in [-0.25, -0.2) is 4.68 Å². The quantitative estimate of drug-likeness (QED) is 0.587. The van der Waals surface area contributed by atoms with Gasteiger partial charge in [0.1, 0.15) is 5.82 Å². The number of carbonyl (C=O) groups is 1. The second-order valence-electron chi connectivity index (χ2n) is 7.34. The van der Waals surface area contributed by atoms with Crippen LogP contribution in [0.15, 0.2) is 61.2 Å².